The predicted molar refractivity (Wildman–Crippen MR) is 86.9 cm³/mol. The Balaban J connectivity index is 1.77. The molecular weight excluding hydrogens is 338 g/mol. The average molecular weight is 351 g/mol. The Morgan fingerprint density at radius 1 is 1.12 bits per heavy atom. The van der Waals surface area contributed by atoms with Crippen LogP contribution in [0.2, 0.25) is 5.02 Å². The summed E-state index contributed by atoms with van der Waals surface area (Å²) in [6.45, 7) is -0.0903. The molecular formula is C17H13ClF2N2O2. The van der Waals surface area contributed by atoms with E-state index in [0.29, 0.717) is 10.7 Å². The van der Waals surface area contributed by atoms with Gasteiger partial charge in [-0.05, 0) is 24.3 Å². The molecule has 2 aromatic rings. The average Bonchev–Trinajstić information content (AvgIpc) is 2.91. The molecule has 0 radical (unpaired) electrons. The van der Waals surface area contributed by atoms with Gasteiger partial charge in [0.05, 0.1) is 16.6 Å². The summed E-state index contributed by atoms with van der Waals surface area (Å²) < 4.78 is 27.7. The molecule has 2 aromatic carbocycles. The van der Waals surface area contributed by atoms with Gasteiger partial charge in [-0.2, -0.15) is 0 Å². The van der Waals surface area contributed by atoms with E-state index < -0.39 is 35.1 Å². The molecule has 7 heteroatoms. The summed E-state index contributed by atoms with van der Waals surface area (Å²) in [5.74, 6) is -3.31. The molecule has 1 aliphatic rings. The maximum absolute atomic E-state index is 13.9. The molecule has 1 fully saturated rings. The van der Waals surface area contributed by atoms with Crippen LogP contribution in [0.3, 0.4) is 0 Å². The smallest absolute Gasteiger partial charge is 0.229 e. The zero-order valence-electron chi connectivity index (χ0n) is 12.4. The van der Waals surface area contributed by atoms with Crippen molar-refractivity contribution >= 4 is 34.8 Å². The lowest BCUT2D eigenvalue weighted by Crippen LogP contribution is -2.29. The van der Waals surface area contributed by atoms with Gasteiger partial charge in [0.1, 0.15) is 17.3 Å². The SMILES string of the molecule is O=C(Nc1ccccc1Cl)C1CC(=O)N(c2c(F)cccc2F)C1. The second-order valence-electron chi connectivity index (χ2n) is 5.44. The molecule has 1 unspecified atom stereocenters. The molecule has 24 heavy (non-hydrogen) atoms. The summed E-state index contributed by atoms with van der Waals surface area (Å²) >= 11 is 5.98. The zero-order chi connectivity index (χ0) is 17.3. The number of nitrogens with zero attached hydrogens (tertiary/aromatic N) is 1. The van der Waals surface area contributed by atoms with E-state index in [1.54, 1.807) is 24.3 Å². The molecule has 0 spiro atoms. The van der Waals surface area contributed by atoms with Gasteiger partial charge in [-0.25, -0.2) is 8.78 Å². The second-order valence-corrected chi connectivity index (χ2v) is 5.85. The highest BCUT2D eigenvalue weighted by atomic mass is 35.5. The standard InChI is InChI=1S/C17H13ClF2N2O2/c18-11-4-1-2-7-14(11)21-17(24)10-8-15(23)22(9-10)16-12(19)5-3-6-13(16)20/h1-7,10H,8-9H2,(H,21,24). The molecule has 1 atom stereocenters. The first kappa shape index (κ1) is 16.4. The highest BCUT2D eigenvalue weighted by Gasteiger charge is 2.37. The van der Waals surface area contributed by atoms with Crippen LogP contribution in [0.15, 0.2) is 42.5 Å². The summed E-state index contributed by atoms with van der Waals surface area (Å²) in [6.07, 6.45) is -0.121. The van der Waals surface area contributed by atoms with Gasteiger partial charge in [0, 0.05) is 13.0 Å². The molecule has 124 valence electrons. The molecule has 1 saturated heterocycles. The quantitative estimate of drug-likeness (QED) is 0.919. The van der Waals surface area contributed by atoms with E-state index >= 15 is 0 Å². The van der Waals surface area contributed by atoms with Gasteiger partial charge in [0.15, 0.2) is 0 Å². The number of rotatable bonds is 3. The number of benzene rings is 2. The first-order valence-corrected chi connectivity index (χ1v) is 7.65. The lowest BCUT2D eigenvalue weighted by Gasteiger charge is -2.18. The third-order valence-corrected chi connectivity index (χ3v) is 4.16. The maximum Gasteiger partial charge on any atom is 0.229 e. The molecule has 0 saturated carbocycles. The van der Waals surface area contributed by atoms with Crippen molar-refractivity contribution in [3.05, 3.63) is 59.1 Å². The normalized spacial score (nSPS) is 17.2. The lowest BCUT2D eigenvalue weighted by molar-refractivity contribution is -0.122. The Morgan fingerprint density at radius 3 is 2.46 bits per heavy atom. The summed E-state index contributed by atoms with van der Waals surface area (Å²) in [7, 11) is 0. The molecule has 1 N–H and O–H groups in total. The number of nitrogens with one attached hydrogen (secondary N) is 1. The third-order valence-electron chi connectivity index (χ3n) is 3.84. The van der Waals surface area contributed by atoms with E-state index in [2.05, 4.69) is 5.32 Å². The summed E-state index contributed by atoms with van der Waals surface area (Å²) in [5, 5.41) is 3.00. The van der Waals surface area contributed by atoms with E-state index in [1.165, 1.54) is 6.07 Å². The van der Waals surface area contributed by atoms with Crippen molar-refractivity contribution in [2.45, 2.75) is 6.42 Å². The minimum absolute atomic E-state index is 0.0903. The first-order valence-electron chi connectivity index (χ1n) is 7.27. The van der Waals surface area contributed by atoms with Crippen LogP contribution in [0.5, 0.6) is 0 Å². The highest BCUT2D eigenvalue weighted by Crippen LogP contribution is 2.31. The van der Waals surface area contributed by atoms with Gasteiger partial charge in [-0.3, -0.25) is 9.59 Å². The van der Waals surface area contributed by atoms with Crippen LogP contribution in [0.1, 0.15) is 6.42 Å². The number of hydrogen-bond donors (Lipinski definition) is 1. The van der Waals surface area contributed by atoms with Crippen LogP contribution in [0, 0.1) is 17.6 Å². The Kier molecular flexibility index (Phi) is 4.49. The number of halogens is 3. The van der Waals surface area contributed by atoms with Crippen molar-refractivity contribution in [1.82, 2.24) is 0 Å². The summed E-state index contributed by atoms with van der Waals surface area (Å²) in [4.78, 5) is 25.4. The number of para-hydroxylation sites is 2. The van der Waals surface area contributed by atoms with Crippen molar-refractivity contribution in [3.63, 3.8) is 0 Å². The molecule has 0 bridgehead atoms. The number of hydrogen-bond acceptors (Lipinski definition) is 2. The van der Waals surface area contributed by atoms with E-state index in [-0.39, 0.29) is 13.0 Å². The van der Waals surface area contributed by atoms with Crippen molar-refractivity contribution in [1.29, 1.82) is 0 Å². The van der Waals surface area contributed by atoms with Gasteiger partial charge >= 0.3 is 0 Å². The van der Waals surface area contributed by atoms with Gasteiger partial charge in [0.25, 0.3) is 0 Å². The Morgan fingerprint density at radius 2 is 1.79 bits per heavy atom. The number of anilines is 2. The number of amides is 2. The van der Waals surface area contributed by atoms with Crippen LogP contribution in [0.4, 0.5) is 20.2 Å². The van der Waals surface area contributed by atoms with Gasteiger partial charge in [-0.15, -0.1) is 0 Å². The highest BCUT2D eigenvalue weighted by molar-refractivity contribution is 6.33. The summed E-state index contributed by atoms with van der Waals surface area (Å²) in [5.41, 5.74) is 0.00248. The topological polar surface area (TPSA) is 49.4 Å². The fourth-order valence-corrected chi connectivity index (χ4v) is 2.83. The van der Waals surface area contributed by atoms with Crippen LogP contribution in [0.25, 0.3) is 0 Å². The predicted octanol–water partition coefficient (Wildman–Crippen LogP) is 3.61. The van der Waals surface area contributed by atoms with Gasteiger partial charge in [0.2, 0.25) is 11.8 Å². The van der Waals surface area contributed by atoms with E-state index in [9.17, 15) is 18.4 Å². The molecule has 0 aliphatic carbocycles. The van der Waals surface area contributed by atoms with Crippen molar-refractivity contribution < 1.29 is 18.4 Å². The Bertz CT molecular complexity index is 793. The molecule has 3 rings (SSSR count). The van der Waals surface area contributed by atoms with Gasteiger partial charge < -0.3 is 10.2 Å². The van der Waals surface area contributed by atoms with Gasteiger partial charge in [-0.1, -0.05) is 29.8 Å². The van der Waals surface area contributed by atoms with Crippen LogP contribution in [-0.4, -0.2) is 18.4 Å². The van der Waals surface area contributed by atoms with E-state index in [0.717, 1.165) is 17.0 Å². The first-order chi connectivity index (χ1) is 11.5. The fourth-order valence-electron chi connectivity index (χ4n) is 2.64. The number of carbonyl (C=O) groups is 2. The fraction of sp³-hybridized carbons (Fsp3) is 0.176. The largest absolute Gasteiger partial charge is 0.324 e. The van der Waals surface area contributed by atoms with Crippen molar-refractivity contribution in [2.75, 3.05) is 16.8 Å². The van der Waals surface area contributed by atoms with Crippen LogP contribution < -0.4 is 10.2 Å². The number of carbonyl (C=O) groups excluding carboxylic acids is 2. The minimum atomic E-state index is -0.837. The molecule has 4 nitrogen and oxygen atoms in total. The van der Waals surface area contributed by atoms with E-state index in [4.69, 9.17) is 11.6 Å². The van der Waals surface area contributed by atoms with E-state index in [1.807, 2.05) is 0 Å². The van der Waals surface area contributed by atoms with Crippen LogP contribution >= 0.6 is 11.6 Å². The molecule has 1 aliphatic heterocycles. The monoisotopic (exact) mass is 350 g/mol. The molecule has 1 heterocycles. The van der Waals surface area contributed by atoms with Crippen molar-refractivity contribution in [2.24, 2.45) is 5.92 Å². The lowest BCUT2D eigenvalue weighted by atomic mass is 10.1. The molecule has 0 aromatic heterocycles. The minimum Gasteiger partial charge on any atom is -0.324 e. The van der Waals surface area contributed by atoms with Crippen molar-refractivity contribution in [3.8, 4) is 0 Å². The Hall–Kier alpha value is -2.47. The second kappa shape index (κ2) is 6.57. The Labute approximate surface area is 142 Å². The summed E-state index contributed by atoms with van der Waals surface area (Å²) in [6, 6.07) is 10.0. The van der Waals surface area contributed by atoms with Crippen LogP contribution in [-0.2, 0) is 9.59 Å². The zero-order valence-corrected chi connectivity index (χ0v) is 13.2. The maximum atomic E-state index is 13.9. The third kappa shape index (κ3) is 3.10. The molecule has 2 amide bonds.